The Kier molecular flexibility index (Phi) is 13.0. The van der Waals surface area contributed by atoms with Crippen LogP contribution in [0.25, 0.3) is 32.4 Å². The van der Waals surface area contributed by atoms with E-state index >= 15 is 0 Å². The molecule has 0 radical (unpaired) electrons. The Hall–Kier alpha value is -6.91. The summed E-state index contributed by atoms with van der Waals surface area (Å²) < 4.78 is 79.8. The highest BCUT2D eigenvalue weighted by Gasteiger charge is 2.53. The van der Waals surface area contributed by atoms with Crippen LogP contribution in [0.4, 0.5) is 0 Å². The van der Waals surface area contributed by atoms with Gasteiger partial charge in [-0.05, 0) is 66.4 Å². The van der Waals surface area contributed by atoms with Gasteiger partial charge >= 0.3 is 45.9 Å². The van der Waals surface area contributed by atoms with E-state index in [0.29, 0.717) is 39.8 Å². The minimum Gasteiger partial charge on any atom is -0.465 e. The molecule has 0 N–H and O–H groups in total. The fraction of sp³-hybridized carbons (Fsp3) is 0.391. The second-order valence-electron chi connectivity index (χ2n) is 16.2. The van der Waals surface area contributed by atoms with Gasteiger partial charge in [0.1, 0.15) is 41.4 Å². The number of carbonyl (C=O) groups excluding carboxylic acids is 6. The first-order chi connectivity index (χ1) is 32.3. The van der Waals surface area contributed by atoms with Crippen LogP contribution >= 0.6 is 11.3 Å². The lowest BCUT2D eigenvalue weighted by Gasteiger charge is -2.44. The summed E-state index contributed by atoms with van der Waals surface area (Å²) in [6, 6.07) is 10.7. The first-order valence-electron chi connectivity index (χ1n) is 21.2. The van der Waals surface area contributed by atoms with Crippen molar-refractivity contribution in [1.82, 2.24) is 9.55 Å². The molecular weight excluding hydrogens is 933 g/mol. The average Bonchev–Trinajstić information content (AvgIpc) is 3.89. The number of nitrogens with zero attached hydrogens (tertiary/aromatic N) is 2. The third-order valence-electron chi connectivity index (χ3n) is 11.6. The monoisotopic (exact) mass is 976 g/mol. The molecule has 3 aliphatic rings. The van der Waals surface area contributed by atoms with Gasteiger partial charge in [-0.2, -0.15) is 8.42 Å². The lowest BCUT2D eigenvalue weighted by atomic mass is 9.93. The molecule has 0 aliphatic carbocycles. The number of fused-ring (bicyclic) bond motifs is 6. The number of hydrogen-bond donors (Lipinski definition) is 0. The number of cyclic esters (lactones) is 1. The Labute approximate surface area is 391 Å². The number of hydrogen-bond acceptors (Lipinski definition) is 20. The number of esters is 6. The van der Waals surface area contributed by atoms with Crippen LogP contribution < -0.4 is 14.5 Å². The Morgan fingerprint density at radius 3 is 2.25 bits per heavy atom. The lowest BCUT2D eigenvalue weighted by molar-refractivity contribution is -0.288. The first kappa shape index (κ1) is 47.6. The molecule has 8 rings (SSSR count). The SMILES string of the molecule is CCc1c2c(nc3ccc(OS(=O)(=O)Cc4ccc(O[C@@H]5O[C@H](COC(C)=O)[C@H](OC(C)=O)[C@H](OC(C)=O)[C@H]5OC(C)=O)c5cc(C(=O)OC)sc45)cc13)-c1cc3c(c(=O)n1C2)COC(=O)C3C. The number of pyridine rings is 2. The molecule has 1 saturated heterocycles. The Morgan fingerprint density at radius 2 is 1.57 bits per heavy atom. The van der Waals surface area contributed by atoms with E-state index < -0.39 is 94.9 Å². The van der Waals surface area contributed by atoms with Crippen molar-refractivity contribution in [1.29, 1.82) is 0 Å². The van der Waals surface area contributed by atoms with Gasteiger partial charge in [-0.25, -0.2) is 9.78 Å². The number of carbonyl (C=O) groups is 6. The smallest absolute Gasteiger partial charge is 0.348 e. The van der Waals surface area contributed by atoms with Crippen molar-refractivity contribution in [3.05, 3.63) is 85.5 Å². The number of thiophene rings is 1. The highest BCUT2D eigenvalue weighted by atomic mass is 32.2. The summed E-state index contributed by atoms with van der Waals surface area (Å²) in [5.74, 6) is -5.76. The molecule has 1 fully saturated rings. The van der Waals surface area contributed by atoms with Gasteiger partial charge in [0.05, 0.1) is 42.0 Å². The fourth-order valence-electron chi connectivity index (χ4n) is 8.68. The van der Waals surface area contributed by atoms with Crippen LogP contribution in [0.3, 0.4) is 0 Å². The third-order valence-corrected chi connectivity index (χ3v) is 13.9. The molecule has 0 saturated carbocycles. The zero-order valence-corrected chi connectivity index (χ0v) is 39.2. The summed E-state index contributed by atoms with van der Waals surface area (Å²) in [5.41, 5.74) is 4.26. The zero-order valence-electron chi connectivity index (χ0n) is 37.6. The van der Waals surface area contributed by atoms with Crippen LogP contribution in [0.5, 0.6) is 11.5 Å². The van der Waals surface area contributed by atoms with E-state index in [9.17, 15) is 42.0 Å². The fourth-order valence-corrected chi connectivity index (χ4v) is 11.0. The maximum absolute atomic E-state index is 14.0. The van der Waals surface area contributed by atoms with E-state index in [1.165, 1.54) is 31.4 Å². The van der Waals surface area contributed by atoms with Crippen molar-refractivity contribution >= 4 is 78.3 Å². The van der Waals surface area contributed by atoms with Crippen molar-refractivity contribution in [3.8, 4) is 22.9 Å². The van der Waals surface area contributed by atoms with E-state index in [0.717, 1.165) is 50.2 Å². The van der Waals surface area contributed by atoms with E-state index in [-0.39, 0.29) is 50.7 Å². The van der Waals surface area contributed by atoms with Crippen molar-refractivity contribution in [3.63, 3.8) is 0 Å². The van der Waals surface area contributed by atoms with E-state index in [2.05, 4.69) is 0 Å². The molecule has 1 unspecified atom stereocenters. The second-order valence-corrected chi connectivity index (χ2v) is 18.8. The molecule has 20 nitrogen and oxygen atoms in total. The molecule has 0 bridgehead atoms. The summed E-state index contributed by atoms with van der Waals surface area (Å²) in [4.78, 5) is 92.8. The normalized spacial score (nSPS) is 20.6. The van der Waals surface area contributed by atoms with Crippen molar-refractivity contribution in [2.24, 2.45) is 0 Å². The predicted octanol–water partition coefficient (Wildman–Crippen LogP) is 4.52. The molecule has 0 spiro atoms. The lowest BCUT2D eigenvalue weighted by Crippen LogP contribution is -2.63. The molecule has 358 valence electrons. The summed E-state index contributed by atoms with van der Waals surface area (Å²) in [6.07, 6.45) is -7.04. The van der Waals surface area contributed by atoms with Gasteiger partial charge in [-0.3, -0.25) is 28.8 Å². The third kappa shape index (κ3) is 9.22. The minimum absolute atomic E-state index is 0.0112. The van der Waals surface area contributed by atoms with Crippen LogP contribution in [0.15, 0.2) is 47.3 Å². The van der Waals surface area contributed by atoms with Crippen molar-refractivity contribution < 1.29 is 79.3 Å². The summed E-state index contributed by atoms with van der Waals surface area (Å²) in [5, 5.41) is 0.812. The molecule has 68 heavy (non-hydrogen) atoms. The van der Waals surface area contributed by atoms with Gasteiger partial charge in [0.15, 0.2) is 12.2 Å². The van der Waals surface area contributed by atoms with Crippen LogP contribution in [-0.4, -0.2) is 98.2 Å². The van der Waals surface area contributed by atoms with E-state index in [4.69, 9.17) is 47.1 Å². The molecule has 3 aliphatic heterocycles. The number of aryl methyl sites for hydroxylation is 1. The van der Waals surface area contributed by atoms with Crippen molar-refractivity contribution in [2.45, 2.75) is 103 Å². The highest BCUT2D eigenvalue weighted by molar-refractivity contribution is 7.86. The topological polar surface area (TPSA) is 255 Å². The molecule has 5 aromatic rings. The summed E-state index contributed by atoms with van der Waals surface area (Å²) in [6.45, 7) is 7.58. The average molecular weight is 977 g/mol. The van der Waals surface area contributed by atoms with Crippen LogP contribution in [0, 0.1) is 0 Å². The van der Waals surface area contributed by atoms with Crippen LogP contribution in [-0.2, 0) is 92.6 Å². The highest BCUT2D eigenvalue weighted by Crippen LogP contribution is 2.42. The minimum atomic E-state index is -4.45. The molecule has 6 atom stereocenters. The first-order valence-corrected chi connectivity index (χ1v) is 23.6. The maximum atomic E-state index is 14.0. The number of methoxy groups -OCH3 is 1. The number of ether oxygens (including phenoxy) is 8. The number of aromatic nitrogens is 2. The van der Waals surface area contributed by atoms with Crippen LogP contribution in [0.1, 0.15) is 84.9 Å². The van der Waals surface area contributed by atoms with Gasteiger partial charge in [0.2, 0.25) is 12.4 Å². The second kappa shape index (κ2) is 18.6. The van der Waals surface area contributed by atoms with Crippen LogP contribution in [0.2, 0.25) is 0 Å². The molecular formula is C46H44N2O18S2. The van der Waals surface area contributed by atoms with E-state index in [1.807, 2.05) is 13.0 Å². The summed E-state index contributed by atoms with van der Waals surface area (Å²) in [7, 11) is -3.28. The molecule has 2 aromatic carbocycles. The van der Waals surface area contributed by atoms with Gasteiger partial charge in [0, 0.05) is 48.7 Å². The number of rotatable bonds is 13. The van der Waals surface area contributed by atoms with Gasteiger partial charge in [-0.15, -0.1) is 11.3 Å². The largest absolute Gasteiger partial charge is 0.465 e. The Morgan fingerprint density at radius 1 is 0.868 bits per heavy atom. The van der Waals surface area contributed by atoms with E-state index in [1.54, 1.807) is 23.6 Å². The molecule has 6 heterocycles. The molecule has 3 aromatic heterocycles. The quantitative estimate of drug-likeness (QED) is 0.0876. The van der Waals surface area contributed by atoms with Gasteiger partial charge in [0.25, 0.3) is 5.56 Å². The molecule has 0 amide bonds. The van der Waals surface area contributed by atoms with Crippen molar-refractivity contribution in [2.75, 3.05) is 13.7 Å². The zero-order chi connectivity index (χ0) is 48.9. The maximum Gasteiger partial charge on any atom is 0.348 e. The summed E-state index contributed by atoms with van der Waals surface area (Å²) >= 11 is 0.900. The Bertz CT molecular complexity index is 3120. The molecule has 22 heteroatoms. The standard InChI is InChI=1S/C46H44N2O18S2/c1-8-27-29-13-26(10-11-33(29)47-38-31(27)16-48-34(38)14-28-20(2)44(54)60-17-32(28)43(48)53)66-68(56,57)19-25-9-12-35(30-15-37(45(55)58-7)67-42(25)30)64-46-41(63-24(6)52)40(62-23(5)51)39(61-22(4)50)36(65-46)18-59-21(3)49/h9-15,20,36,39-41,46H,8,16-19H2,1-7H3/t20?,36-,39+,40+,41-,46-/m1/s1. The Balaban J connectivity index is 1.11. The van der Waals surface area contributed by atoms with Gasteiger partial charge in [-0.1, -0.05) is 13.0 Å². The number of benzene rings is 2. The predicted molar refractivity (Wildman–Crippen MR) is 237 cm³/mol. The van der Waals surface area contributed by atoms with Gasteiger partial charge < -0.3 is 46.6 Å².